The average molecular weight is 631 g/mol. The Morgan fingerprint density at radius 1 is 0.778 bits per heavy atom. The highest BCUT2D eigenvalue weighted by atomic mass is 17.1. The van der Waals surface area contributed by atoms with Gasteiger partial charge in [0, 0.05) is 32.4 Å². The molecule has 0 heterocycles. The first kappa shape index (κ1) is 37.6. The van der Waals surface area contributed by atoms with E-state index in [4.69, 9.17) is 15.3 Å². The van der Waals surface area contributed by atoms with Gasteiger partial charge in [0.2, 0.25) is 17.7 Å². The number of unbranched alkanes of at least 4 members (excludes halogenated alkanes) is 2. The molecule has 0 aliphatic carbocycles. The number of nitrogens with zero attached hydrogens (tertiary/aromatic N) is 1. The number of nitrogens with one attached hydrogen (secondary N) is 3. The molecule has 3 amide bonds. The third-order valence-electron chi connectivity index (χ3n) is 7.38. The third-order valence-corrected chi connectivity index (χ3v) is 7.38. The molecule has 2 unspecified atom stereocenters. The molecule has 45 heavy (non-hydrogen) atoms. The molecular weight excluding hydrogens is 580 g/mol. The number of hydrogen-bond donors (Lipinski definition) is 5. The Hall–Kier alpha value is -3.55. The zero-order valence-corrected chi connectivity index (χ0v) is 26.7. The fraction of sp³-hybridized carbons (Fsp3) is 0.545. The molecule has 0 saturated heterocycles. The summed E-state index contributed by atoms with van der Waals surface area (Å²) in [5, 5.41) is 26.2. The van der Waals surface area contributed by atoms with Gasteiger partial charge in [0.05, 0.1) is 0 Å². The fourth-order valence-electron chi connectivity index (χ4n) is 4.73. The summed E-state index contributed by atoms with van der Waals surface area (Å²) < 4.78 is 5.65. The number of ether oxygens (including phenoxy) is 1. The number of amides is 3. The molecule has 0 saturated carbocycles. The van der Waals surface area contributed by atoms with Crippen LogP contribution in [-0.4, -0.2) is 90.7 Å². The van der Waals surface area contributed by atoms with Gasteiger partial charge in [-0.3, -0.25) is 24.9 Å². The molecule has 12 heteroatoms. The van der Waals surface area contributed by atoms with Gasteiger partial charge in [-0.05, 0) is 42.8 Å². The summed E-state index contributed by atoms with van der Waals surface area (Å²) in [6.07, 6.45) is 2.78. The van der Waals surface area contributed by atoms with E-state index in [9.17, 15) is 14.4 Å². The van der Waals surface area contributed by atoms with Crippen LogP contribution in [0.2, 0.25) is 0 Å². The van der Waals surface area contributed by atoms with Gasteiger partial charge in [0.1, 0.15) is 31.0 Å². The molecule has 2 aromatic rings. The maximum atomic E-state index is 13.7. The predicted molar refractivity (Wildman–Crippen MR) is 171 cm³/mol. The van der Waals surface area contributed by atoms with Gasteiger partial charge in [-0.1, -0.05) is 76.1 Å². The Balaban J connectivity index is 2.21. The third kappa shape index (κ3) is 14.9. The highest BCUT2D eigenvalue weighted by Gasteiger charge is 2.27. The molecule has 0 spiro atoms. The Morgan fingerprint density at radius 2 is 1.38 bits per heavy atom. The van der Waals surface area contributed by atoms with E-state index in [1.54, 1.807) is 24.3 Å². The van der Waals surface area contributed by atoms with Crippen molar-refractivity contribution < 1.29 is 39.4 Å². The summed E-state index contributed by atoms with van der Waals surface area (Å²) in [7, 11) is 0. The van der Waals surface area contributed by atoms with Crippen LogP contribution in [0.15, 0.2) is 54.6 Å². The summed E-state index contributed by atoms with van der Waals surface area (Å²) >= 11 is 0. The largest absolute Gasteiger partial charge is 0.485 e. The molecule has 2 atom stereocenters. The molecule has 0 bridgehead atoms. The van der Waals surface area contributed by atoms with Crippen molar-refractivity contribution in [2.24, 2.45) is 0 Å². The van der Waals surface area contributed by atoms with E-state index in [1.165, 1.54) is 0 Å². The lowest BCUT2D eigenvalue weighted by Gasteiger charge is -2.24. The van der Waals surface area contributed by atoms with Crippen LogP contribution < -0.4 is 20.7 Å². The number of carbonyl (C=O) groups excluding carboxylic acids is 3. The molecule has 0 aliphatic rings. The molecule has 2 aromatic carbocycles. The zero-order valence-electron chi connectivity index (χ0n) is 26.7. The summed E-state index contributed by atoms with van der Waals surface area (Å²) in [5.74, 6) is -0.561. The van der Waals surface area contributed by atoms with Gasteiger partial charge in [0.25, 0.3) is 0 Å². The van der Waals surface area contributed by atoms with E-state index in [0.29, 0.717) is 18.8 Å². The van der Waals surface area contributed by atoms with Crippen molar-refractivity contribution in [1.29, 1.82) is 0 Å². The van der Waals surface area contributed by atoms with Crippen molar-refractivity contribution in [1.82, 2.24) is 20.9 Å². The van der Waals surface area contributed by atoms with E-state index in [1.807, 2.05) is 44.2 Å². The second kappa shape index (κ2) is 22.0. The molecule has 0 radical (unpaired) electrons. The van der Waals surface area contributed by atoms with Crippen molar-refractivity contribution >= 4 is 17.7 Å². The lowest BCUT2D eigenvalue weighted by atomic mass is 10.0. The number of rotatable bonds is 23. The fourth-order valence-corrected chi connectivity index (χ4v) is 4.73. The number of carbonyl (C=O) groups is 3. The minimum Gasteiger partial charge on any atom is -0.485 e. The maximum absolute atomic E-state index is 13.7. The first-order valence-electron chi connectivity index (χ1n) is 15.7. The smallest absolute Gasteiger partial charge is 0.243 e. The van der Waals surface area contributed by atoms with Crippen molar-refractivity contribution in [3.05, 3.63) is 65.7 Å². The molecule has 0 fully saturated rings. The first-order chi connectivity index (χ1) is 21.8. The highest BCUT2D eigenvalue weighted by molar-refractivity contribution is 5.92. The molecular formula is C33H50N4O8. The van der Waals surface area contributed by atoms with Crippen LogP contribution in [0.4, 0.5) is 0 Å². The van der Waals surface area contributed by atoms with Gasteiger partial charge in [-0.15, -0.1) is 0 Å². The predicted octanol–water partition coefficient (Wildman–Crippen LogP) is 3.21. The Kier molecular flexibility index (Phi) is 18.4. The zero-order chi connectivity index (χ0) is 32.9. The average Bonchev–Trinajstić information content (AvgIpc) is 3.04. The van der Waals surface area contributed by atoms with Crippen LogP contribution in [0.3, 0.4) is 0 Å². The topological polar surface area (TPSA) is 159 Å². The number of benzene rings is 2. The van der Waals surface area contributed by atoms with E-state index >= 15 is 0 Å². The minimum atomic E-state index is -0.893. The van der Waals surface area contributed by atoms with Crippen LogP contribution in [0.5, 0.6) is 5.75 Å². The quantitative estimate of drug-likeness (QED) is 0.0706. The standard InChI is InChI=1S/C33H50N4O8/c1-4-7-11-19-34-32(39)29(22-26-14-16-27(17-15-26)45-28(23-43-41)24-44-42)36-33(40)30(21-25-12-9-8-10-13-25)35-31(38)18-20-37(5-2)6-3/h8-10,12-17,28-30,41-42H,4-7,11,18-24H2,1-3H3,(H,34,39)(H,35,38)(H,36,40). The maximum Gasteiger partial charge on any atom is 0.243 e. The van der Waals surface area contributed by atoms with Crippen molar-refractivity contribution in [3.63, 3.8) is 0 Å². The summed E-state index contributed by atoms with van der Waals surface area (Å²) in [6, 6.07) is 14.5. The normalized spacial score (nSPS) is 12.5. The monoisotopic (exact) mass is 630 g/mol. The highest BCUT2D eigenvalue weighted by Crippen LogP contribution is 2.16. The van der Waals surface area contributed by atoms with Gasteiger partial charge in [-0.2, -0.15) is 0 Å². The Morgan fingerprint density at radius 3 is 1.96 bits per heavy atom. The van der Waals surface area contributed by atoms with E-state index in [-0.39, 0.29) is 44.3 Å². The molecule has 5 N–H and O–H groups in total. The molecule has 0 aromatic heterocycles. The van der Waals surface area contributed by atoms with Gasteiger partial charge in [0.15, 0.2) is 6.10 Å². The van der Waals surface area contributed by atoms with Gasteiger partial charge < -0.3 is 25.6 Å². The SMILES string of the molecule is CCCCCNC(=O)C(Cc1ccc(OC(COO)COO)cc1)NC(=O)C(Cc1ccccc1)NC(=O)CCN(CC)CC. The molecule has 0 aliphatic heterocycles. The van der Waals surface area contributed by atoms with Crippen LogP contribution in [0, 0.1) is 0 Å². The van der Waals surface area contributed by atoms with Gasteiger partial charge >= 0.3 is 0 Å². The van der Waals surface area contributed by atoms with Crippen LogP contribution in [0.25, 0.3) is 0 Å². The minimum absolute atomic E-state index is 0.197. The first-order valence-corrected chi connectivity index (χ1v) is 15.7. The van der Waals surface area contributed by atoms with E-state index in [2.05, 4.69) is 37.5 Å². The second-order valence-electron chi connectivity index (χ2n) is 10.8. The van der Waals surface area contributed by atoms with Crippen molar-refractivity contribution in [2.75, 3.05) is 39.4 Å². The molecule has 12 nitrogen and oxygen atoms in total. The molecule has 250 valence electrons. The lowest BCUT2D eigenvalue weighted by molar-refractivity contribution is -0.286. The van der Waals surface area contributed by atoms with E-state index in [0.717, 1.165) is 43.5 Å². The number of hydrogen-bond acceptors (Lipinski definition) is 9. The lowest BCUT2D eigenvalue weighted by Crippen LogP contribution is -2.55. The Bertz CT molecular complexity index is 1110. The summed E-state index contributed by atoms with van der Waals surface area (Å²) in [4.78, 5) is 50.3. The Labute approximate surface area is 266 Å². The van der Waals surface area contributed by atoms with Crippen molar-refractivity contribution in [2.45, 2.75) is 77.5 Å². The van der Waals surface area contributed by atoms with Crippen LogP contribution >= 0.6 is 0 Å². The van der Waals surface area contributed by atoms with Crippen molar-refractivity contribution in [3.8, 4) is 5.75 Å². The van der Waals surface area contributed by atoms with Gasteiger partial charge in [-0.25, -0.2) is 9.78 Å². The molecule has 2 rings (SSSR count). The second-order valence-corrected chi connectivity index (χ2v) is 10.8. The van der Waals surface area contributed by atoms with Crippen LogP contribution in [-0.2, 0) is 37.0 Å². The van der Waals surface area contributed by atoms with E-state index < -0.39 is 24.1 Å². The van der Waals surface area contributed by atoms with Crippen LogP contribution in [0.1, 0.15) is 57.6 Å². The summed E-state index contributed by atoms with van der Waals surface area (Å²) in [5.41, 5.74) is 1.64. The summed E-state index contributed by atoms with van der Waals surface area (Å²) in [6.45, 7) is 8.45.